The first-order valence-corrected chi connectivity index (χ1v) is 6.98. The molecule has 0 bridgehead atoms. The molecule has 112 valence electrons. The molecule has 1 saturated heterocycles. The second-order valence-electron chi connectivity index (χ2n) is 5.32. The number of nitrogens with one attached hydrogen (secondary N) is 1. The van der Waals surface area contributed by atoms with E-state index >= 15 is 0 Å². The Labute approximate surface area is 121 Å². The van der Waals surface area contributed by atoms with Gasteiger partial charge in [-0.05, 0) is 19.8 Å². The molecule has 7 heteroatoms. The Morgan fingerprint density at radius 2 is 2.38 bits per heavy atom. The maximum Gasteiger partial charge on any atom is 0.339 e. The van der Waals surface area contributed by atoms with Crippen LogP contribution in [-0.4, -0.2) is 45.1 Å². The first-order chi connectivity index (χ1) is 10.1. The third-order valence-electron chi connectivity index (χ3n) is 3.77. The summed E-state index contributed by atoms with van der Waals surface area (Å²) < 4.78 is 7.12. The van der Waals surface area contributed by atoms with Gasteiger partial charge in [0.2, 0.25) is 0 Å². The van der Waals surface area contributed by atoms with E-state index in [9.17, 15) is 9.90 Å². The zero-order valence-electron chi connectivity index (χ0n) is 12.1. The Morgan fingerprint density at radius 3 is 3.05 bits per heavy atom. The van der Waals surface area contributed by atoms with Crippen LogP contribution >= 0.6 is 0 Å². The molecular formula is C14H18N4O3. The van der Waals surface area contributed by atoms with Crippen LogP contribution in [0.2, 0.25) is 0 Å². The molecule has 1 aliphatic heterocycles. The molecule has 2 aromatic heterocycles. The summed E-state index contributed by atoms with van der Waals surface area (Å²) in [5.41, 5.74) is 2.21. The Kier molecular flexibility index (Phi) is 3.50. The average molecular weight is 290 g/mol. The first kappa shape index (κ1) is 13.8. The van der Waals surface area contributed by atoms with Crippen LogP contribution in [0.1, 0.15) is 28.9 Å². The van der Waals surface area contributed by atoms with E-state index in [1.165, 1.54) is 6.20 Å². The van der Waals surface area contributed by atoms with Gasteiger partial charge in [-0.2, -0.15) is 5.10 Å². The number of rotatable bonds is 3. The number of fused-ring (bicyclic) bond motifs is 1. The summed E-state index contributed by atoms with van der Waals surface area (Å²) in [6.07, 6.45) is 3.32. The molecule has 0 saturated carbocycles. The Balaban J connectivity index is 2.11. The van der Waals surface area contributed by atoms with Gasteiger partial charge >= 0.3 is 5.97 Å². The van der Waals surface area contributed by atoms with Crippen molar-refractivity contribution in [3.63, 3.8) is 0 Å². The highest BCUT2D eigenvalue weighted by molar-refractivity contribution is 6.04. The van der Waals surface area contributed by atoms with E-state index in [-0.39, 0.29) is 11.6 Å². The normalized spacial score (nSPS) is 18.9. The third-order valence-corrected chi connectivity index (χ3v) is 3.77. The van der Waals surface area contributed by atoms with Gasteiger partial charge in [0.15, 0.2) is 5.65 Å². The minimum absolute atomic E-state index is 0.113. The zero-order valence-corrected chi connectivity index (χ0v) is 12.1. The molecule has 0 spiro atoms. The molecule has 0 aromatic carbocycles. The van der Waals surface area contributed by atoms with Crippen molar-refractivity contribution in [3.8, 4) is 0 Å². The number of carboxylic acid groups (broad SMARTS) is 1. The molecule has 1 atom stereocenters. The summed E-state index contributed by atoms with van der Waals surface area (Å²) in [5, 5.41) is 17.8. The highest BCUT2D eigenvalue weighted by atomic mass is 16.5. The molecule has 0 amide bonds. The molecule has 3 rings (SSSR count). The van der Waals surface area contributed by atoms with Crippen LogP contribution in [-0.2, 0) is 11.8 Å². The predicted molar refractivity (Wildman–Crippen MR) is 77.7 cm³/mol. The molecular weight excluding hydrogens is 272 g/mol. The summed E-state index contributed by atoms with van der Waals surface area (Å²) in [7, 11) is 1.80. The molecule has 1 unspecified atom stereocenters. The molecule has 7 nitrogen and oxygen atoms in total. The smallest absolute Gasteiger partial charge is 0.339 e. The standard InChI is InChI=1S/C14H18N4O3/c1-8-11-12(16-9-4-3-5-21-7-9)10(14(19)20)6-15-13(11)18(2)17-8/h6,9H,3-5,7H2,1-2H3,(H,15,16)(H,19,20). The summed E-state index contributed by atoms with van der Waals surface area (Å²) in [5.74, 6) is -0.994. The number of ether oxygens (including phenoxy) is 1. The largest absolute Gasteiger partial charge is 0.478 e. The molecule has 0 aliphatic carbocycles. The number of anilines is 1. The second kappa shape index (κ2) is 5.33. The zero-order chi connectivity index (χ0) is 15.0. The SMILES string of the molecule is Cc1nn(C)c2ncc(C(=O)O)c(NC3CCCOC3)c12. The number of nitrogens with zero attached hydrogens (tertiary/aromatic N) is 3. The Morgan fingerprint density at radius 1 is 1.57 bits per heavy atom. The van der Waals surface area contributed by atoms with Gasteiger partial charge in [-0.3, -0.25) is 4.68 Å². The fraction of sp³-hybridized carbons (Fsp3) is 0.500. The van der Waals surface area contributed by atoms with Crippen LogP contribution in [0.5, 0.6) is 0 Å². The van der Waals surface area contributed by atoms with Crippen molar-refractivity contribution in [2.75, 3.05) is 18.5 Å². The Hall–Kier alpha value is -2.15. The quantitative estimate of drug-likeness (QED) is 0.892. The van der Waals surface area contributed by atoms with E-state index in [0.29, 0.717) is 17.9 Å². The van der Waals surface area contributed by atoms with Gasteiger partial charge in [-0.15, -0.1) is 0 Å². The maximum atomic E-state index is 11.5. The third kappa shape index (κ3) is 2.44. The van der Waals surface area contributed by atoms with E-state index in [4.69, 9.17) is 4.74 Å². The fourth-order valence-corrected chi connectivity index (χ4v) is 2.78. The lowest BCUT2D eigenvalue weighted by molar-refractivity contribution is 0.0696. The lowest BCUT2D eigenvalue weighted by atomic mass is 10.1. The predicted octanol–water partition coefficient (Wildman–Crippen LogP) is 1.57. The van der Waals surface area contributed by atoms with E-state index in [2.05, 4.69) is 15.4 Å². The van der Waals surface area contributed by atoms with Gasteiger partial charge in [0.1, 0.15) is 5.56 Å². The number of carboxylic acids is 1. The van der Waals surface area contributed by atoms with E-state index in [1.807, 2.05) is 6.92 Å². The van der Waals surface area contributed by atoms with Gasteiger partial charge < -0.3 is 15.2 Å². The van der Waals surface area contributed by atoms with E-state index < -0.39 is 5.97 Å². The average Bonchev–Trinajstić information content (AvgIpc) is 2.75. The second-order valence-corrected chi connectivity index (χ2v) is 5.32. The first-order valence-electron chi connectivity index (χ1n) is 6.98. The van der Waals surface area contributed by atoms with Gasteiger partial charge in [-0.1, -0.05) is 0 Å². The van der Waals surface area contributed by atoms with Crippen molar-refractivity contribution in [2.45, 2.75) is 25.8 Å². The highest BCUT2D eigenvalue weighted by Crippen LogP contribution is 2.30. The van der Waals surface area contributed by atoms with Crippen molar-refractivity contribution >= 4 is 22.7 Å². The summed E-state index contributed by atoms with van der Waals surface area (Å²) in [6, 6.07) is 0.113. The number of hydrogen-bond donors (Lipinski definition) is 2. The van der Waals surface area contributed by atoms with Crippen LogP contribution in [0, 0.1) is 6.92 Å². The molecule has 1 aliphatic rings. The molecule has 0 radical (unpaired) electrons. The monoisotopic (exact) mass is 290 g/mol. The summed E-state index contributed by atoms with van der Waals surface area (Å²) in [4.78, 5) is 15.7. The molecule has 2 N–H and O–H groups in total. The number of aromatic nitrogens is 3. The van der Waals surface area contributed by atoms with Gasteiger partial charge in [0, 0.05) is 25.9 Å². The van der Waals surface area contributed by atoms with Crippen molar-refractivity contribution < 1.29 is 14.6 Å². The molecule has 3 heterocycles. The van der Waals surface area contributed by atoms with Gasteiger partial charge in [0.25, 0.3) is 0 Å². The van der Waals surface area contributed by atoms with E-state index in [1.54, 1.807) is 11.7 Å². The van der Waals surface area contributed by atoms with Crippen LogP contribution < -0.4 is 5.32 Å². The topological polar surface area (TPSA) is 89.3 Å². The van der Waals surface area contributed by atoms with Crippen molar-refractivity contribution in [1.82, 2.24) is 14.8 Å². The van der Waals surface area contributed by atoms with Crippen LogP contribution in [0.3, 0.4) is 0 Å². The lowest BCUT2D eigenvalue weighted by Gasteiger charge is -2.25. The fourth-order valence-electron chi connectivity index (χ4n) is 2.78. The molecule has 2 aromatic rings. The lowest BCUT2D eigenvalue weighted by Crippen LogP contribution is -2.30. The van der Waals surface area contributed by atoms with Crippen LogP contribution in [0.4, 0.5) is 5.69 Å². The van der Waals surface area contributed by atoms with Crippen LogP contribution in [0.25, 0.3) is 11.0 Å². The van der Waals surface area contributed by atoms with Gasteiger partial charge in [0.05, 0.1) is 23.4 Å². The number of aromatic carboxylic acids is 1. The minimum Gasteiger partial charge on any atom is -0.478 e. The Bertz CT molecular complexity index is 689. The maximum absolute atomic E-state index is 11.5. The van der Waals surface area contributed by atoms with Gasteiger partial charge in [-0.25, -0.2) is 9.78 Å². The number of hydrogen-bond acceptors (Lipinski definition) is 5. The summed E-state index contributed by atoms with van der Waals surface area (Å²) in [6.45, 7) is 3.21. The van der Waals surface area contributed by atoms with Crippen molar-refractivity contribution in [3.05, 3.63) is 17.5 Å². The molecule has 21 heavy (non-hydrogen) atoms. The van der Waals surface area contributed by atoms with Crippen LogP contribution in [0.15, 0.2) is 6.20 Å². The molecule has 1 fully saturated rings. The van der Waals surface area contributed by atoms with Crippen molar-refractivity contribution in [2.24, 2.45) is 7.05 Å². The van der Waals surface area contributed by atoms with Crippen molar-refractivity contribution in [1.29, 1.82) is 0 Å². The minimum atomic E-state index is -0.994. The summed E-state index contributed by atoms with van der Waals surface area (Å²) >= 11 is 0. The number of carbonyl (C=O) groups is 1. The highest BCUT2D eigenvalue weighted by Gasteiger charge is 2.22. The number of pyridine rings is 1. The number of aryl methyl sites for hydroxylation is 2. The van der Waals surface area contributed by atoms with E-state index in [0.717, 1.165) is 30.5 Å².